The molecule has 0 radical (unpaired) electrons. The van der Waals surface area contributed by atoms with E-state index in [-0.39, 0.29) is 17.7 Å². The van der Waals surface area contributed by atoms with Crippen molar-refractivity contribution in [3.63, 3.8) is 0 Å². The normalized spacial score (nSPS) is 16.2. The molecule has 1 aliphatic rings. The lowest BCUT2D eigenvalue weighted by atomic mass is 9.96. The van der Waals surface area contributed by atoms with Crippen LogP contribution in [0.15, 0.2) is 42.0 Å². The van der Waals surface area contributed by atoms with Gasteiger partial charge in [0.2, 0.25) is 0 Å². The van der Waals surface area contributed by atoms with Crippen LogP contribution in [0.5, 0.6) is 0 Å². The van der Waals surface area contributed by atoms with E-state index in [2.05, 4.69) is 20.3 Å². The molecule has 3 aromatic rings. The Hall–Kier alpha value is -3.13. The number of aromatic nitrogens is 3. The number of carbonyl (C=O) groups is 2. The van der Waals surface area contributed by atoms with Crippen molar-refractivity contribution >= 4 is 23.2 Å². The highest BCUT2D eigenvalue weighted by molar-refractivity contribution is 7.11. The highest BCUT2D eigenvalue weighted by Crippen LogP contribution is 2.27. The van der Waals surface area contributed by atoms with Gasteiger partial charge in [0.15, 0.2) is 0 Å². The lowest BCUT2D eigenvalue weighted by Crippen LogP contribution is -2.39. The number of benzene rings is 1. The van der Waals surface area contributed by atoms with E-state index < -0.39 is 0 Å². The summed E-state index contributed by atoms with van der Waals surface area (Å²) in [5.41, 5.74) is 4.64. The fourth-order valence-corrected chi connectivity index (χ4v) is 4.57. The van der Waals surface area contributed by atoms with Gasteiger partial charge in [0.05, 0.1) is 22.5 Å². The van der Waals surface area contributed by atoms with E-state index in [0.29, 0.717) is 35.0 Å². The minimum absolute atomic E-state index is 0.0262. The first-order chi connectivity index (χ1) is 15.0. The van der Waals surface area contributed by atoms with Crippen molar-refractivity contribution in [1.82, 2.24) is 25.2 Å². The van der Waals surface area contributed by atoms with Gasteiger partial charge < -0.3 is 10.2 Å². The molecule has 1 saturated heterocycles. The fourth-order valence-electron chi connectivity index (χ4n) is 3.80. The molecule has 1 unspecified atom stereocenters. The molecule has 3 heterocycles. The summed E-state index contributed by atoms with van der Waals surface area (Å²) < 4.78 is 0. The second-order valence-corrected chi connectivity index (χ2v) is 8.61. The van der Waals surface area contributed by atoms with Crippen molar-refractivity contribution < 1.29 is 9.59 Å². The number of piperidine rings is 1. The molecule has 160 valence electrons. The zero-order chi connectivity index (χ0) is 21.8. The largest absolute Gasteiger partial charge is 0.348 e. The maximum Gasteiger partial charge on any atom is 0.265 e. The van der Waals surface area contributed by atoms with Gasteiger partial charge in [-0.05, 0) is 32.3 Å². The summed E-state index contributed by atoms with van der Waals surface area (Å²) >= 11 is 1.38. The van der Waals surface area contributed by atoms with Gasteiger partial charge in [-0.25, -0.2) is 15.0 Å². The highest BCUT2D eigenvalue weighted by Gasteiger charge is 2.29. The molecule has 0 saturated carbocycles. The third kappa shape index (κ3) is 4.80. The Bertz CT molecular complexity index is 1080. The molecule has 8 heteroatoms. The van der Waals surface area contributed by atoms with Crippen LogP contribution in [0.4, 0.5) is 0 Å². The van der Waals surface area contributed by atoms with Crippen LogP contribution < -0.4 is 5.32 Å². The summed E-state index contributed by atoms with van der Waals surface area (Å²) in [5, 5.41) is 2.92. The minimum atomic E-state index is -0.186. The van der Waals surface area contributed by atoms with Crippen molar-refractivity contribution in [2.45, 2.75) is 39.2 Å². The van der Waals surface area contributed by atoms with Gasteiger partial charge in [-0.3, -0.25) is 9.59 Å². The van der Waals surface area contributed by atoms with Gasteiger partial charge in [0, 0.05) is 31.7 Å². The third-order valence-electron chi connectivity index (χ3n) is 5.55. The molecular weight excluding hydrogens is 410 g/mol. The maximum absolute atomic E-state index is 12.9. The van der Waals surface area contributed by atoms with Crippen LogP contribution in [-0.4, -0.2) is 44.8 Å². The summed E-state index contributed by atoms with van der Waals surface area (Å²) in [5.74, 6) is 0.592. The van der Waals surface area contributed by atoms with Crippen LogP contribution in [0.1, 0.15) is 61.6 Å². The molecule has 0 aliphatic carbocycles. The first-order valence-corrected chi connectivity index (χ1v) is 11.3. The Morgan fingerprint density at radius 3 is 2.68 bits per heavy atom. The summed E-state index contributed by atoms with van der Waals surface area (Å²) in [7, 11) is 0. The number of nitrogens with zero attached hydrogens (tertiary/aromatic N) is 4. The summed E-state index contributed by atoms with van der Waals surface area (Å²) in [6, 6.07) is 9.77. The zero-order valence-electron chi connectivity index (χ0n) is 17.7. The SMILES string of the molecule is Cc1nc(C2CCCN(C(=O)c3scnc3C)C2)ncc1C(=O)NCc1ccccc1. The second-order valence-electron chi connectivity index (χ2n) is 7.75. The first kappa shape index (κ1) is 21.1. The molecule has 2 amide bonds. The van der Waals surface area contributed by atoms with Gasteiger partial charge in [-0.2, -0.15) is 0 Å². The lowest BCUT2D eigenvalue weighted by molar-refractivity contribution is 0.0708. The summed E-state index contributed by atoms with van der Waals surface area (Å²) in [6.07, 6.45) is 3.42. The third-order valence-corrected chi connectivity index (χ3v) is 6.47. The Balaban J connectivity index is 1.43. The topological polar surface area (TPSA) is 88.1 Å². The van der Waals surface area contributed by atoms with Gasteiger partial charge >= 0.3 is 0 Å². The van der Waals surface area contributed by atoms with Crippen LogP contribution in [-0.2, 0) is 6.54 Å². The summed E-state index contributed by atoms with van der Waals surface area (Å²) in [4.78, 5) is 41.3. The molecule has 0 bridgehead atoms. The Labute approximate surface area is 185 Å². The van der Waals surface area contributed by atoms with Gasteiger partial charge in [0.1, 0.15) is 10.7 Å². The summed E-state index contributed by atoms with van der Waals surface area (Å²) in [6.45, 7) is 5.45. The lowest BCUT2D eigenvalue weighted by Gasteiger charge is -2.32. The smallest absolute Gasteiger partial charge is 0.265 e. The van der Waals surface area contributed by atoms with Crippen LogP contribution in [0.2, 0.25) is 0 Å². The predicted octanol–water partition coefficient (Wildman–Crippen LogP) is 3.50. The molecule has 1 fully saturated rings. The number of nitrogens with one attached hydrogen (secondary N) is 1. The van der Waals surface area contributed by atoms with Crippen LogP contribution in [0.3, 0.4) is 0 Å². The van der Waals surface area contributed by atoms with E-state index in [4.69, 9.17) is 0 Å². The molecule has 2 aromatic heterocycles. The predicted molar refractivity (Wildman–Crippen MR) is 119 cm³/mol. The van der Waals surface area contributed by atoms with E-state index >= 15 is 0 Å². The molecule has 1 N–H and O–H groups in total. The van der Waals surface area contributed by atoms with Crippen molar-refractivity contribution in [3.05, 3.63) is 75.3 Å². The average molecular weight is 436 g/mol. The van der Waals surface area contributed by atoms with Crippen LogP contribution in [0.25, 0.3) is 0 Å². The number of thiazole rings is 1. The number of amides is 2. The Kier molecular flexibility index (Phi) is 6.36. The van der Waals surface area contributed by atoms with Gasteiger partial charge in [0.25, 0.3) is 11.8 Å². The van der Waals surface area contributed by atoms with Crippen molar-refractivity contribution in [3.8, 4) is 0 Å². The standard InChI is InChI=1S/C23H25N5O2S/c1-15-19(22(29)25-11-17-7-4-3-5-8-17)12-24-21(27-15)18-9-6-10-28(13-18)23(30)20-16(2)26-14-31-20/h3-5,7-8,12,14,18H,6,9-11,13H2,1-2H3,(H,25,29). The van der Waals surface area contributed by atoms with E-state index in [9.17, 15) is 9.59 Å². The Morgan fingerprint density at radius 1 is 1.16 bits per heavy atom. The van der Waals surface area contributed by atoms with Crippen LogP contribution in [0, 0.1) is 13.8 Å². The number of likely N-dealkylation sites (tertiary alicyclic amines) is 1. The van der Waals surface area contributed by atoms with Gasteiger partial charge in [-0.15, -0.1) is 11.3 Å². The molecular formula is C23H25N5O2S. The maximum atomic E-state index is 12.9. The zero-order valence-corrected chi connectivity index (χ0v) is 18.5. The van der Waals surface area contributed by atoms with Crippen molar-refractivity contribution in [2.24, 2.45) is 0 Å². The van der Waals surface area contributed by atoms with E-state index in [0.717, 1.165) is 30.6 Å². The molecule has 1 aromatic carbocycles. The molecule has 31 heavy (non-hydrogen) atoms. The van der Waals surface area contributed by atoms with Crippen LogP contribution >= 0.6 is 11.3 Å². The number of rotatable bonds is 5. The molecule has 4 rings (SSSR count). The number of hydrogen-bond donors (Lipinski definition) is 1. The highest BCUT2D eigenvalue weighted by atomic mass is 32.1. The molecule has 7 nitrogen and oxygen atoms in total. The minimum Gasteiger partial charge on any atom is -0.348 e. The monoisotopic (exact) mass is 435 g/mol. The van der Waals surface area contributed by atoms with E-state index in [1.54, 1.807) is 11.7 Å². The first-order valence-electron chi connectivity index (χ1n) is 10.4. The molecule has 0 spiro atoms. The van der Waals surface area contributed by atoms with Gasteiger partial charge in [-0.1, -0.05) is 30.3 Å². The van der Waals surface area contributed by atoms with E-state index in [1.807, 2.05) is 49.1 Å². The number of hydrogen-bond acceptors (Lipinski definition) is 6. The average Bonchev–Trinajstić information content (AvgIpc) is 3.23. The quantitative estimate of drug-likeness (QED) is 0.663. The molecule has 1 aliphatic heterocycles. The second kappa shape index (κ2) is 9.34. The molecule has 1 atom stereocenters. The fraction of sp³-hybridized carbons (Fsp3) is 0.348. The number of aryl methyl sites for hydroxylation is 2. The van der Waals surface area contributed by atoms with E-state index in [1.165, 1.54) is 11.3 Å². The van der Waals surface area contributed by atoms with Crippen molar-refractivity contribution in [2.75, 3.05) is 13.1 Å². The number of carbonyl (C=O) groups excluding carboxylic acids is 2. The Morgan fingerprint density at radius 2 is 1.97 bits per heavy atom. The van der Waals surface area contributed by atoms with Crippen molar-refractivity contribution in [1.29, 1.82) is 0 Å².